The number of benzene rings is 1. The average molecular weight is 404 g/mol. The van der Waals surface area contributed by atoms with Gasteiger partial charge in [0, 0.05) is 19.7 Å². The zero-order valence-corrected chi connectivity index (χ0v) is 17.5. The Morgan fingerprint density at radius 1 is 1.29 bits per heavy atom. The predicted octanol–water partition coefficient (Wildman–Crippen LogP) is 3.32. The largest absolute Gasteiger partial charge is 0.376 e. The number of fused-ring (bicyclic) bond motifs is 1. The molecule has 0 N–H and O–H groups in total. The van der Waals surface area contributed by atoms with Gasteiger partial charge in [0.25, 0.3) is 5.56 Å². The van der Waals surface area contributed by atoms with Crippen molar-refractivity contribution < 1.29 is 9.53 Å². The number of nitrogens with zero attached hydrogens (tertiary/aromatic N) is 3. The highest BCUT2D eigenvalue weighted by Crippen LogP contribution is 2.21. The third kappa shape index (κ3) is 4.94. The van der Waals surface area contributed by atoms with Crippen LogP contribution >= 0.6 is 11.8 Å². The summed E-state index contributed by atoms with van der Waals surface area (Å²) in [6, 6.07) is 7.38. The van der Waals surface area contributed by atoms with Gasteiger partial charge in [-0.25, -0.2) is 4.98 Å². The van der Waals surface area contributed by atoms with Crippen LogP contribution in [0.1, 0.15) is 39.5 Å². The first-order valence-electron chi connectivity index (χ1n) is 10.2. The lowest BCUT2D eigenvalue weighted by Crippen LogP contribution is -2.34. The van der Waals surface area contributed by atoms with Crippen molar-refractivity contribution >= 4 is 28.6 Å². The van der Waals surface area contributed by atoms with E-state index >= 15 is 0 Å². The Hall–Kier alpha value is -1.86. The topological polar surface area (TPSA) is 64.4 Å². The minimum Gasteiger partial charge on any atom is -0.376 e. The van der Waals surface area contributed by atoms with E-state index in [-0.39, 0.29) is 23.3 Å². The van der Waals surface area contributed by atoms with Gasteiger partial charge in [-0.3, -0.25) is 14.2 Å². The fourth-order valence-corrected chi connectivity index (χ4v) is 4.44. The second kappa shape index (κ2) is 10.1. The van der Waals surface area contributed by atoms with Gasteiger partial charge in [-0.15, -0.1) is 0 Å². The SMILES string of the molecule is CCCN(CCC)C(=O)CSc1nc2ccccc2c(=O)n1CC1CCCO1. The van der Waals surface area contributed by atoms with Gasteiger partial charge in [-0.1, -0.05) is 37.7 Å². The van der Waals surface area contributed by atoms with E-state index in [0.717, 1.165) is 45.4 Å². The summed E-state index contributed by atoms with van der Waals surface area (Å²) in [5.74, 6) is 0.385. The third-order valence-electron chi connectivity index (χ3n) is 4.90. The van der Waals surface area contributed by atoms with Gasteiger partial charge in [0.05, 0.1) is 29.3 Å². The molecular weight excluding hydrogens is 374 g/mol. The first-order valence-corrected chi connectivity index (χ1v) is 11.1. The number of ether oxygens (including phenoxy) is 1. The number of para-hydroxylation sites is 1. The molecule has 1 unspecified atom stereocenters. The number of aromatic nitrogens is 2. The molecule has 1 aromatic carbocycles. The van der Waals surface area contributed by atoms with Crippen LogP contribution in [0.3, 0.4) is 0 Å². The Kier molecular flexibility index (Phi) is 7.50. The summed E-state index contributed by atoms with van der Waals surface area (Å²) in [4.78, 5) is 32.3. The highest BCUT2D eigenvalue weighted by Gasteiger charge is 2.21. The van der Waals surface area contributed by atoms with Crippen LogP contribution < -0.4 is 5.56 Å². The van der Waals surface area contributed by atoms with Gasteiger partial charge in [0.2, 0.25) is 5.91 Å². The van der Waals surface area contributed by atoms with Crippen LogP contribution in [0.15, 0.2) is 34.2 Å². The van der Waals surface area contributed by atoms with Crippen LogP contribution in [-0.2, 0) is 16.1 Å². The Morgan fingerprint density at radius 2 is 2.04 bits per heavy atom. The molecule has 0 aliphatic carbocycles. The molecule has 152 valence electrons. The molecule has 28 heavy (non-hydrogen) atoms. The van der Waals surface area contributed by atoms with Crippen molar-refractivity contribution in [2.45, 2.75) is 57.3 Å². The molecule has 1 amide bonds. The molecule has 1 aliphatic rings. The third-order valence-corrected chi connectivity index (χ3v) is 5.86. The predicted molar refractivity (Wildman–Crippen MR) is 113 cm³/mol. The summed E-state index contributed by atoms with van der Waals surface area (Å²) in [5, 5.41) is 1.20. The standard InChI is InChI=1S/C21H29N3O3S/c1-3-11-23(12-4-2)19(25)15-28-21-22-18-10-6-5-9-17(18)20(26)24(21)14-16-8-7-13-27-16/h5-6,9-10,16H,3-4,7-8,11-15H2,1-2H3. The molecule has 1 aromatic heterocycles. The van der Waals surface area contributed by atoms with Crippen molar-refractivity contribution in [1.29, 1.82) is 0 Å². The van der Waals surface area contributed by atoms with E-state index in [1.807, 2.05) is 23.1 Å². The summed E-state index contributed by atoms with van der Waals surface area (Å²) in [6.07, 6.45) is 3.88. The Balaban J connectivity index is 1.85. The van der Waals surface area contributed by atoms with E-state index in [2.05, 4.69) is 13.8 Å². The van der Waals surface area contributed by atoms with Crippen LogP contribution in [0.4, 0.5) is 0 Å². The number of thioether (sulfide) groups is 1. The minimum absolute atomic E-state index is 0.0346. The lowest BCUT2D eigenvalue weighted by Gasteiger charge is -2.22. The zero-order valence-electron chi connectivity index (χ0n) is 16.7. The molecule has 0 bridgehead atoms. The normalized spacial score (nSPS) is 16.6. The van der Waals surface area contributed by atoms with Gasteiger partial charge in [0.1, 0.15) is 0 Å². The number of hydrogen-bond donors (Lipinski definition) is 0. The van der Waals surface area contributed by atoms with Gasteiger partial charge in [-0.05, 0) is 37.8 Å². The van der Waals surface area contributed by atoms with Crippen LogP contribution in [0.25, 0.3) is 10.9 Å². The summed E-state index contributed by atoms with van der Waals surface area (Å²) in [6.45, 7) is 6.91. The van der Waals surface area contributed by atoms with Gasteiger partial charge in [0.15, 0.2) is 5.16 Å². The maximum Gasteiger partial charge on any atom is 0.262 e. The maximum atomic E-state index is 13.1. The Morgan fingerprint density at radius 3 is 2.71 bits per heavy atom. The van der Waals surface area contributed by atoms with Crippen molar-refractivity contribution in [3.63, 3.8) is 0 Å². The number of amides is 1. The van der Waals surface area contributed by atoms with E-state index in [4.69, 9.17) is 9.72 Å². The molecule has 7 heteroatoms. The highest BCUT2D eigenvalue weighted by molar-refractivity contribution is 7.99. The molecule has 0 radical (unpaired) electrons. The van der Waals surface area contributed by atoms with Gasteiger partial charge < -0.3 is 9.64 Å². The van der Waals surface area contributed by atoms with E-state index in [0.29, 0.717) is 22.6 Å². The minimum atomic E-state index is -0.0602. The molecule has 1 aliphatic heterocycles. The Labute approximate surface area is 170 Å². The molecule has 0 spiro atoms. The summed E-state index contributed by atoms with van der Waals surface area (Å²) in [7, 11) is 0. The maximum absolute atomic E-state index is 13.1. The summed E-state index contributed by atoms with van der Waals surface area (Å²) < 4.78 is 7.43. The quantitative estimate of drug-likeness (QED) is 0.475. The smallest absolute Gasteiger partial charge is 0.262 e. The molecule has 1 atom stereocenters. The molecular formula is C21H29N3O3S. The van der Waals surface area contributed by atoms with Crippen LogP contribution in [-0.4, -0.2) is 51.9 Å². The fourth-order valence-electron chi connectivity index (χ4n) is 3.53. The van der Waals surface area contributed by atoms with Crippen LogP contribution in [0, 0.1) is 0 Å². The van der Waals surface area contributed by atoms with Crippen LogP contribution in [0.2, 0.25) is 0 Å². The first kappa shape index (κ1) is 20.9. The molecule has 0 saturated carbocycles. The summed E-state index contributed by atoms with van der Waals surface area (Å²) >= 11 is 1.35. The molecule has 3 rings (SSSR count). The first-order chi connectivity index (χ1) is 13.6. The number of rotatable bonds is 9. The summed E-state index contributed by atoms with van der Waals surface area (Å²) in [5.41, 5.74) is 0.611. The lowest BCUT2D eigenvalue weighted by atomic mass is 10.2. The van der Waals surface area contributed by atoms with E-state index in [1.165, 1.54) is 11.8 Å². The van der Waals surface area contributed by atoms with Crippen molar-refractivity contribution in [3.05, 3.63) is 34.6 Å². The molecule has 6 nitrogen and oxygen atoms in total. The molecule has 2 aromatic rings. The van der Waals surface area contributed by atoms with Crippen molar-refractivity contribution in [1.82, 2.24) is 14.5 Å². The average Bonchev–Trinajstić information content (AvgIpc) is 3.21. The van der Waals surface area contributed by atoms with Crippen molar-refractivity contribution in [3.8, 4) is 0 Å². The number of carbonyl (C=O) groups is 1. The fraction of sp³-hybridized carbons (Fsp3) is 0.571. The molecule has 1 saturated heterocycles. The van der Waals surface area contributed by atoms with Crippen molar-refractivity contribution in [2.24, 2.45) is 0 Å². The number of carbonyl (C=O) groups excluding carboxylic acids is 1. The number of hydrogen-bond acceptors (Lipinski definition) is 5. The van der Waals surface area contributed by atoms with E-state index < -0.39 is 0 Å². The van der Waals surface area contributed by atoms with Gasteiger partial charge >= 0.3 is 0 Å². The second-order valence-corrected chi connectivity index (χ2v) is 8.07. The van der Waals surface area contributed by atoms with Gasteiger partial charge in [-0.2, -0.15) is 0 Å². The van der Waals surface area contributed by atoms with Crippen LogP contribution in [0.5, 0.6) is 0 Å². The molecule has 2 heterocycles. The second-order valence-electron chi connectivity index (χ2n) is 7.13. The highest BCUT2D eigenvalue weighted by atomic mass is 32.2. The van der Waals surface area contributed by atoms with E-state index in [9.17, 15) is 9.59 Å². The monoisotopic (exact) mass is 403 g/mol. The van der Waals surface area contributed by atoms with E-state index in [1.54, 1.807) is 10.6 Å². The van der Waals surface area contributed by atoms with Crippen molar-refractivity contribution in [2.75, 3.05) is 25.4 Å². The zero-order chi connectivity index (χ0) is 19.9. The lowest BCUT2D eigenvalue weighted by molar-refractivity contribution is -0.128. The molecule has 1 fully saturated rings. The Bertz CT molecular complexity index is 856.